The Kier molecular flexibility index (Phi) is 9.86. The average molecular weight is 480 g/mol. The Morgan fingerprint density at radius 1 is 1.11 bits per heavy atom. The molecule has 3 rings (SSSR count). The molecule has 6 nitrogen and oxygen atoms in total. The first-order valence-corrected chi connectivity index (χ1v) is 11.9. The summed E-state index contributed by atoms with van der Waals surface area (Å²) >= 11 is 0. The summed E-state index contributed by atoms with van der Waals surface area (Å²) in [5, 5.41) is 15.4. The van der Waals surface area contributed by atoms with Crippen LogP contribution >= 0.6 is 0 Å². The number of ether oxygens (including phenoxy) is 2. The predicted octanol–water partition coefficient (Wildman–Crippen LogP) is 4.83. The first-order valence-electron chi connectivity index (χ1n) is 11.9. The molecule has 1 heterocycles. The summed E-state index contributed by atoms with van der Waals surface area (Å²) in [5.41, 5.74) is 2.53. The molecule has 7 heteroatoms. The lowest BCUT2D eigenvalue weighted by atomic mass is 10.1. The molecule has 1 N–H and O–H groups in total. The third-order valence-electron chi connectivity index (χ3n) is 5.37. The maximum atomic E-state index is 14.6. The van der Waals surface area contributed by atoms with E-state index < -0.39 is 11.9 Å². The molecule has 0 saturated heterocycles. The van der Waals surface area contributed by atoms with Gasteiger partial charge in [0.1, 0.15) is 6.61 Å². The van der Waals surface area contributed by atoms with Crippen LogP contribution in [-0.4, -0.2) is 52.2 Å². The van der Waals surface area contributed by atoms with Crippen molar-refractivity contribution in [2.24, 2.45) is 5.92 Å². The molecule has 1 aromatic heterocycles. The van der Waals surface area contributed by atoms with Crippen LogP contribution in [0.1, 0.15) is 32.0 Å². The van der Waals surface area contributed by atoms with Crippen LogP contribution in [0.4, 0.5) is 4.39 Å². The van der Waals surface area contributed by atoms with E-state index in [1.54, 1.807) is 22.9 Å². The third-order valence-corrected chi connectivity index (χ3v) is 5.37. The van der Waals surface area contributed by atoms with Crippen LogP contribution in [-0.2, 0) is 17.7 Å². The van der Waals surface area contributed by atoms with Crippen molar-refractivity contribution in [1.82, 2.24) is 14.7 Å². The van der Waals surface area contributed by atoms with Crippen molar-refractivity contribution in [3.05, 3.63) is 71.7 Å². The minimum Gasteiger partial charge on any atom is -0.435 e. The normalized spacial score (nSPS) is 12.2. The molecular formula is C28H34FN3O3. The fraction of sp³-hybridized carbons (Fsp3) is 0.393. The summed E-state index contributed by atoms with van der Waals surface area (Å²) in [4.78, 5) is 2.15. The van der Waals surface area contributed by atoms with E-state index in [0.29, 0.717) is 31.3 Å². The molecule has 0 aliphatic heterocycles. The van der Waals surface area contributed by atoms with E-state index in [-0.39, 0.29) is 19.0 Å². The molecule has 3 aromatic rings. The first-order chi connectivity index (χ1) is 16.9. The SMILES string of the molecule is C#CCOCC(O)CN(Cc1c(CC)nn(-c2ccccc2)c1Oc1ccccc1F)CC(C)C. The fourth-order valence-electron chi connectivity index (χ4n) is 3.95. The Morgan fingerprint density at radius 3 is 2.49 bits per heavy atom. The van der Waals surface area contributed by atoms with E-state index in [2.05, 4.69) is 24.7 Å². The molecule has 0 bridgehead atoms. The Balaban J connectivity index is 2.00. The zero-order valence-corrected chi connectivity index (χ0v) is 20.7. The van der Waals surface area contributed by atoms with Crippen molar-refractivity contribution in [2.45, 2.75) is 39.8 Å². The molecule has 1 unspecified atom stereocenters. The molecule has 0 saturated carbocycles. The van der Waals surface area contributed by atoms with Crippen LogP contribution in [0.3, 0.4) is 0 Å². The van der Waals surface area contributed by atoms with Gasteiger partial charge < -0.3 is 14.6 Å². The van der Waals surface area contributed by atoms with Crippen LogP contribution in [0.2, 0.25) is 0 Å². The van der Waals surface area contributed by atoms with Crippen molar-refractivity contribution in [3.63, 3.8) is 0 Å². The molecule has 0 amide bonds. The van der Waals surface area contributed by atoms with Gasteiger partial charge in [0.2, 0.25) is 5.88 Å². The number of aromatic nitrogens is 2. The number of halogens is 1. The van der Waals surface area contributed by atoms with E-state index in [0.717, 1.165) is 23.5 Å². The van der Waals surface area contributed by atoms with Gasteiger partial charge in [-0.15, -0.1) is 6.42 Å². The lowest BCUT2D eigenvalue weighted by Crippen LogP contribution is -2.37. The van der Waals surface area contributed by atoms with Crippen molar-refractivity contribution >= 4 is 0 Å². The van der Waals surface area contributed by atoms with Crippen molar-refractivity contribution in [3.8, 4) is 29.7 Å². The summed E-state index contributed by atoms with van der Waals surface area (Å²) < 4.78 is 27.8. The lowest BCUT2D eigenvalue weighted by Gasteiger charge is -2.27. The molecule has 0 aliphatic rings. The maximum absolute atomic E-state index is 14.6. The number of terminal acetylenes is 1. The van der Waals surface area contributed by atoms with Gasteiger partial charge >= 0.3 is 0 Å². The second kappa shape index (κ2) is 13.1. The molecule has 0 aliphatic carbocycles. The Bertz CT molecular complexity index is 1110. The zero-order chi connectivity index (χ0) is 25.2. The summed E-state index contributed by atoms with van der Waals surface area (Å²) in [6.45, 7) is 8.20. The molecular weight excluding hydrogens is 445 g/mol. The lowest BCUT2D eigenvalue weighted by molar-refractivity contribution is 0.0236. The number of aliphatic hydroxyl groups excluding tert-OH is 1. The van der Waals surface area contributed by atoms with Crippen molar-refractivity contribution in [2.75, 3.05) is 26.3 Å². The highest BCUT2D eigenvalue weighted by Gasteiger charge is 2.24. The van der Waals surface area contributed by atoms with Gasteiger partial charge in [0.15, 0.2) is 11.6 Å². The molecule has 0 radical (unpaired) electrons. The third kappa shape index (κ3) is 7.40. The molecule has 186 valence electrons. The number of aryl methyl sites for hydroxylation is 1. The molecule has 2 aromatic carbocycles. The molecule has 35 heavy (non-hydrogen) atoms. The maximum Gasteiger partial charge on any atom is 0.227 e. The monoisotopic (exact) mass is 479 g/mol. The number of hydrogen-bond acceptors (Lipinski definition) is 5. The minimum atomic E-state index is -0.702. The average Bonchev–Trinajstić information content (AvgIpc) is 3.17. The Morgan fingerprint density at radius 2 is 1.83 bits per heavy atom. The predicted molar refractivity (Wildman–Crippen MR) is 135 cm³/mol. The highest BCUT2D eigenvalue weighted by atomic mass is 19.1. The van der Waals surface area contributed by atoms with Crippen molar-refractivity contribution in [1.29, 1.82) is 0 Å². The Labute approximate surface area is 207 Å². The standard InChI is InChI=1S/C28H34FN3O3/c1-5-16-34-20-23(33)18-31(17-21(3)4)19-24-26(6-2)30-32(22-12-8-7-9-13-22)28(24)35-27-15-11-10-14-25(27)29/h1,7-15,21,23,33H,6,16-20H2,2-4H3. The number of hydrogen-bond donors (Lipinski definition) is 1. The summed E-state index contributed by atoms with van der Waals surface area (Å²) in [6, 6.07) is 16.0. The highest BCUT2D eigenvalue weighted by molar-refractivity contribution is 5.44. The highest BCUT2D eigenvalue weighted by Crippen LogP contribution is 2.33. The van der Waals surface area contributed by atoms with Gasteiger partial charge in [-0.3, -0.25) is 4.90 Å². The molecule has 0 spiro atoms. The van der Waals surface area contributed by atoms with Crippen LogP contribution in [0.5, 0.6) is 11.6 Å². The topological polar surface area (TPSA) is 59.8 Å². The minimum absolute atomic E-state index is 0.131. The first kappa shape index (κ1) is 26.4. The number of aliphatic hydroxyl groups is 1. The second-order valence-corrected chi connectivity index (χ2v) is 8.82. The van der Waals surface area contributed by atoms with Gasteiger partial charge in [-0.1, -0.05) is 57.0 Å². The quantitative estimate of drug-likeness (QED) is 0.281. The van der Waals surface area contributed by atoms with Gasteiger partial charge in [0, 0.05) is 19.6 Å². The van der Waals surface area contributed by atoms with Gasteiger partial charge in [-0.05, 0) is 36.6 Å². The van der Waals surface area contributed by atoms with Crippen LogP contribution < -0.4 is 4.74 Å². The van der Waals surface area contributed by atoms with Gasteiger partial charge in [0.05, 0.1) is 29.7 Å². The van der Waals surface area contributed by atoms with E-state index in [9.17, 15) is 9.50 Å². The zero-order valence-electron chi connectivity index (χ0n) is 20.7. The summed E-state index contributed by atoms with van der Waals surface area (Å²) in [7, 11) is 0. The molecule has 0 fully saturated rings. The number of rotatable bonds is 13. The van der Waals surface area contributed by atoms with E-state index in [1.807, 2.05) is 37.3 Å². The van der Waals surface area contributed by atoms with E-state index >= 15 is 0 Å². The number of para-hydroxylation sites is 2. The second-order valence-electron chi connectivity index (χ2n) is 8.82. The number of benzene rings is 2. The summed E-state index contributed by atoms with van der Waals surface area (Å²) in [6.07, 6.45) is 5.21. The van der Waals surface area contributed by atoms with Crippen molar-refractivity contribution < 1.29 is 19.0 Å². The van der Waals surface area contributed by atoms with Gasteiger partial charge in [-0.25, -0.2) is 9.07 Å². The fourth-order valence-corrected chi connectivity index (χ4v) is 3.95. The Hall–Kier alpha value is -3.18. The van der Waals surface area contributed by atoms with E-state index in [4.69, 9.17) is 21.0 Å². The summed E-state index contributed by atoms with van der Waals surface area (Å²) in [5.74, 6) is 2.92. The largest absolute Gasteiger partial charge is 0.435 e. The van der Waals surface area contributed by atoms with Crippen LogP contribution in [0.15, 0.2) is 54.6 Å². The smallest absolute Gasteiger partial charge is 0.227 e. The van der Waals surface area contributed by atoms with Gasteiger partial charge in [0.25, 0.3) is 0 Å². The van der Waals surface area contributed by atoms with E-state index in [1.165, 1.54) is 6.07 Å². The van der Waals surface area contributed by atoms with Gasteiger partial charge in [-0.2, -0.15) is 5.10 Å². The molecule has 1 atom stereocenters. The number of nitrogens with zero attached hydrogens (tertiary/aromatic N) is 3. The van der Waals surface area contributed by atoms with Crippen LogP contribution in [0.25, 0.3) is 5.69 Å². The van der Waals surface area contributed by atoms with Crippen LogP contribution in [0, 0.1) is 24.1 Å².